The second-order valence-corrected chi connectivity index (χ2v) is 6.67. The zero-order valence-corrected chi connectivity index (χ0v) is 15.3. The van der Waals surface area contributed by atoms with Crippen LogP contribution in [0.15, 0.2) is 54.6 Å². The molecule has 0 bridgehead atoms. The number of hydrogen-bond donors (Lipinski definition) is 2. The molecule has 0 fully saturated rings. The van der Waals surface area contributed by atoms with E-state index in [4.69, 9.17) is 16.3 Å². The first-order valence-electron chi connectivity index (χ1n) is 8.50. The molecule has 0 saturated carbocycles. The van der Waals surface area contributed by atoms with Gasteiger partial charge in [0.2, 0.25) is 0 Å². The summed E-state index contributed by atoms with van der Waals surface area (Å²) in [5.41, 5.74) is 1.74. The van der Waals surface area contributed by atoms with Crippen molar-refractivity contribution in [2.45, 2.75) is 26.2 Å². The molecule has 0 unspecified atom stereocenters. The third kappa shape index (κ3) is 4.52. The highest BCUT2D eigenvalue weighted by atomic mass is 35.5. The molecule has 3 rings (SSSR count). The molecule has 3 aromatic carbocycles. The summed E-state index contributed by atoms with van der Waals surface area (Å²) in [7, 11) is 0. The van der Waals surface area contributed by atoms with Crippen molar-refractivity contribution in [2.24, 2.45) is 0 Å². The lowest BCUT2D eigenvalue weighted by molar-refractivity contribution is 0.190. The number of ether oxygens (including phenoxy) is 1. The van der Waals surface area contributed by atoms with Crippen molar-refractivity contribution >= 4 is 22.4 Å². The summed E-state index contributed by atoms with van der Waals surface area (Å²) in [5.74, 6) is 0.370. The Morgan fingerprint density at radius 3 is 2.73 bits per heavy atom. The van der Waals surface area contributed by atoms with Crippen LogP contribution in [0.1, 0.15) is 18.1 Å². The largest absolute Gasteiger partial charge is 0.488 e. The topological polar surface area (TPSA) is 41.5 Å². The van der Waals surface area contributed by atoms with E-state index in [2.05, 4.69) is 5.32 Å². The van der Waals surface area contributed by atoms with Gasteiger partial charge in [-0.25, -0.2) is 4.39 Å². The highest BCUT2D eigenvalue weighted by Crippen LogP contribution is 2.29. The third-order valence-corrected chi connectivity index (χ3v) is 4.49. The Labute approximate surface area is 157 Å². The summed E-state index contributed by atoms with van der Waals surface area (Å²) in [6.45, 7) is 3.05. The molecule has 0 spiro atoms. The summed E-state index contributed by atoms with van der Waals surface area (Å²) in [6.07, 6.45) is -0.424. The maximum atomic E-state index is 13.2. The predicted octanol–water partition coefficient (Wildman–Crippen LogP) is 4.68. The van der Waals surface area contributed by atoms with Crippen molar-refractivity contribution in [3.63, 3.8) is 0 Å². The number of halogens is 2. The molecule has 26 heavy (non-hydrogen) atoms. The molecule has 3 nitrogen and oxygen atoms in total. The second-order valence-electron chi connectivity index (χ2n) is 6.27. The van der Waals surface area contributed by atoms with Crippen LogP contribution >= 0.6 is 11.6 Å². The van der Waals surface area contributed by atoms with Gasteiger partial charge in [0.25, 0.3) is 0 Å². The number of rotatable bonds is 7. The van der Waals surface area contributed by atoms with Crippen LogP contribution in [0.4, 0.5) is 4.39 Å². The first-order valence-corrected chi connectivity index (χ1v) is 8.88. The molecule has 2 N–H and O–H groups in total. The Hall–Kier alpha value is -2.14. The fraction of sp³-hybridized carbons (Fsp3) is 0.238. The summed E-state index contributed by atoms with van der Waals surface area (Å²) in [6, 6.07) is 16.3. The molecule has 0 amide bonds. The number of hydrogen-bond acceptors (Lipinski definition) is 3. The first kappa shape index (κ1) is 18.6. The molecule has 136 valence electrons. The van der Waals surface area contributed by atoms with Gasteiger partial charge in [0, 0.05) is 24.2 Å². The Kier molecular flexibility index (Phi) is 6.09. The Morgan fingerprint density at radius 2 is 1.96 bits per heavy atom. The number of benzene rings is 3. The molecule has 0 aliphatic heterocycles. The van der Waals surface area contributed by atoms with Crippen LogP contribution in [0.5, 0.6) is 5.75 Å². The Morgan fingerprint density at radius 1 is 1.15 bits per heavy atom. The minimum absolute atomic E-state index is 0.251. The SMILES string of the molecule is C[C@H](O)CNCc1c(OCc2ccc(F)cc2Cl)ccc2ccccc12. The number of aliphatic hydroxyl groups is 1. The first-order chi connectivity index (χ1) is 12.5. The lowest BCUT2D eigenvalue weighted by atomic mass is 10.0. The molecule has 0 aliphatic rings. The van der Waals surface area contributed by atoms with Gasteiger partial charge in [-0.15, -0.1) is 0 Å². The third-order valence-electron chi connectivity index (χ3n) is 4.14. The van der Waals surface area contributed by atoms with Crippen LogP contribution in [0.2, 0.25) is 5.02 Å². The van der Waals surface area contributed by atoms with E-state index in [9.17, 15) is 9.50 Å². The standard InChI is InChI=1S/C21H21ClFNO2/c1-14(25)11-24-12-19-18-5-3-2-4-15(18)7-9-21(19)26-13-16-6-8-17(23)10-20(16)22/h2-10,14,24-25H,11-13H2,1H3/t14-/m0/s1. The molecule has 0 aliphatic carbocycles. The molecule has 0 heterocycles. The van der Waals surface area contributed by atoms with E-state index in [1.165, 1.54) is 12.1 Å². The predicted molar refractivity (Wildman–Crippen MR) is 103 cm³/mol. The van der Waals surface area contributed by atoms with Crippen LogP contribution in [-0.2, 0) is 13.2 Å². The van der Waals surface area contributed by atoms with Crippen molar-refractivity contribution in [2.75, 3.05) is 6.54 Å². The van der Waals surface area contributed by atoms with Gasteiger partial charge < -0.3 is 15.2 Å². The van der Waals surface area contributed by atoms with Crippen molar-refractivity contribution in [3.05, 3.63) is 76.6 Å². The summed E-state index contributed by atoms with van der Waals surface area (Å²) in [5, 5.41) is 15.3. The number of fused-ring (bicyclic) bond motifs is 1. The maximum Gasteiger partial charge on any atom is 0.124 e. The molecule has 0 saturated heterocycles. The summed E-state index contributed by atoms with van der Waals surface area (Å²) < 4.78 is 19.2. The average molecular weight is 374 g/mol. The fourth-order valence-electron chi connectivity index (χ4n) is 2.83. The minimum atomic E-state index is -0.424. The van der Waals surface area contributed by atoms with Crippen molar-refractivity contribution in [1.29, 1.82) is 0 Å². The van der Waals surface area contributed by atoms with E-state index in [1.54, 1.807) is 13.0 Å². The molecule has 1 atom stereocenters. The zero-order chi connectivity index (χ0) is 18.5. The van der Waals surface area contributed by atoms with Gasteiger partial charge in [-0.1, -0.05) is 48.0 Å². The maximum absolute atomic E-state index is 13.2. The van der Waals surface area contributed by atoms with Gasteiger partial charge in [-0.05, 0) is 35.9 Å². The lowest BCUT2D eigenvalue weighted by Gasteiger charge is -2.16. The van der Waals surface area contributed by atoms with Gasteiger partial charge in [-0.2, -0.15) is 0 Å². The number of aliphatic hydroxyl groups excluding tert-OH is 1. The molecule has 5 heteroatoms. The molecular formula is C21H21ClFNO2. The van der Waals surface area contributed by atoms with Gasteiger partial charge in [0.05, 0.1) is 11.1 Å². The summed E-state index contributed by atoms with van der Waals surface area (Å²) >= 11 is 6.09. The fourth-order valence-corrected chi connectivity index (χ4v) is 3.06. The highest BCUT2D eigenvalue weighted by Gasteiger charge is 2.11. The second kappa shape index (κ2) is 8.49. The normalized spacial score (nSPS) is 12.3. The van der Waals surface area contributed by atoms with Crippen molar-refractivity contribution < 1.29 is 14.2 Å². The zero-order valence-electron chi connectivity index (χ0n) is 14.5. The van der Waals surface area contributed by atoms with E-state index < -0.39 is 6.10 Å². The van der Waals surface area contributed by atoms with Gasteiger partial charge in [0.1, 0.15) is 18.2 Å². The quantitative estimate of drug-likeness (QED) is 0.631. The van der Waals surface area contributed by atoms with Crippen LogP contribution in [-0.4, -0.2) is 17.8 Å². The van der Waals surface area contributed by atoms with Crippen LogP contribution in [0.25, 0.3) is 10.8 Å². The van der Waals surface area contributed by atoms with Crippen LogP contribution < -0.4 is 10.1 Å². The molecular weight excluding hydrogens is 353 g/mol. The summed E-state index contributed by atoms with van der Waals surface area (Å²) in [4.78, 5) is 0. The Bertz CT molecular complexity index is 898. The highest BCUT2D eigenvalue weighted by molar-refractivity contribution is 6.31. The van der Waals surface area contributed by atoms with Crippen molar-refractivity contribution in [1.82, 2.24) is 5.32 Å². The van der Waals surface area contributed by atoms with Crippen LogP contribution in [0, 0.1) is 5.82 Å². The van der Waals surface area contributed by atoms with Gasteiger partial charge in [-0.3, -0.25) is 0 Å². The van der Waals surface area contributed by atoms with E-state index in [1.807, 2.05) is 36.4 Å². The molecule has 0 radical (unpaired) electrons. The minimum Gasteiger partial charge on any atom is -0.488 e. The van der Waals surface area contributed by atoms with E-state index in [-0.39, 0.29) is 12.4 Å². The molecule has 3 aromatic rings. The van der Waals surface area contributed by atoms with E-state index >= 15 is 0 Å². The molecule has 0 aromatic heterocycles. The number of nitrogens with one attached hydrogen (secondary N) is 1. The van der Waals surface area contributed by atoms with Gasteiger partial charge >= 0.3 is 0 Å². The lowest BCUT2D eigenvalue weighted by Crippen LogP contribution is -2.24. The average Bonchev–Trinajstić information content (AvgIpc) is 2.61. The van der Waals surface area contributed by atoms with Gasteiger partial charge in [0.15, 0.2) is 0 Å². The Balaban J connectivity index is 1.86. The van der Waals surface area contributed by atoms with Crippen molar-refractivity contribution in [3.8, 4) is 5.75 Å². The smallest absolute Gasteiger partial charge is 0.124 e. The van der Waals surface area contributed by atoms with Crippen LogP contribution in [0.3, 0.4) is 0 Å². The van der Waals surface area contributed by atoms with E-state index in [0.29, 0.717) is 18.1 Å². The van der Waals surface area contributed by atoms with E-state index in [0.717, 1.165) is 27.6 Å². The monoisotopic (exact) mass is 373 g/mol.